The molecule has 2 aromatic rings. The van der Waals surface area contributed by atoms with Crippen molar-refractivity contribution in [2.45, 2.75) is 6.54 Å². The number of nitrogens with zero attached hydrogens (tertiary/aromatic N) is 1. The van der Waals surface area contributed by atoms with Gasteiger partial charge in [-0.05, 0) is 18.2 Å². The van der Waals surface area contributed by atoms with Gasteiger partial charge in [0.15, 0.2) is 18.2 Å². The number of ketones is 2. The maximum atomic E-state index is 12.1. The monoisotopic (exact) mass is 412 g/mol. The van der Waals surface area contributed by atoms with Crippen LogP contribution in [0.4, 0.5) is 0 Å². The molecular weight excluding hydrogens is 400 g/mol. The summed E-state index contributed by atoms with van der Waals surface area (Å²) < 4.78 is 2.62. The highest BCUT2D eigenvalue weighted by atomic mass is 79.9. The van der Waals surface area contributed by atoms with Gasteiger partial charge in [0.05, 0.1) is 12.1 Å². The van der Waals surface area contributed by atoms with Gasteiger partial charge in [-0.15, -0.1) is 0 Å². The number of carbonyl (C=O) groups excluding carboxylic acids is 2. The summed E-state index contributed by atoms with van der Waals surface area (Å²) in [6, 6.07) is 10.6. The van der Waals surface area contributed by atoms with E-state index in [0.717, 1.165) is 4.47 Å². The van der Waals surface area contributed by atoms with E-state index in [-0.39, 0.29) is 41.6 Å². The lowest BCUT2D eigenvalue weighted by molar-refractivity contribution is -0.683. The molecule has 0 radical (unpaired) electrons. The molecule has 1 aromatic carbocycles. The van der Waals surface area contributed by atoms with Gasteiger partial charge < -0.3 is 22.7 Å². The fourth-order valence-electron chi connectivity index (χ4n) is 1.80. The van der Waals surface area contributed by atoms with Crippen LogP contribution in [-0.2, 0) is 6.54 Å². The second kappa shape index (κ2) is 8.17. The van der Waals surface area contributed by atoms with Crippen molar-refractivity contribution in [1.82, 2.24) is 0 Å². The molecule has 21 heavy (non-hydrogen) atoms. The highest BCUT2D eigenvalue weighted by Gasteiger charge is 2.14. The van der Waals surface area contributed by atoms with Crippen LogP contribution in [0.25, 0.3) is 0 Å². The molecular formula is C15H14Br2N2O2. The van der Waals surface area contributed by atoms with Crippen molar-refractivity contribution in [3.63, 3.8) is 0 Å². The summed E-state index contributed by atoms with van der Waals surface area (Å²) in [5.74, 6) is -0.157. The molecule has 0 saturated heterocycles. The van der Waals surface area contributed by atoms with Crippen molar-refractivity contribution >= 4 is 27.5 Å². The van der Waals surface area contributed by atoms with Crippen molar-refractivity contribution in [3.05, 3.63) is 64.4 Å². The summed E-state index contributed by atoms with van der Waals surface area (Å²) in [5.41, 5.74) is 6.48. The van der Waals surface area contributed by atoms with Crippen molar-refractivity contribution < 1.29 is 31.1 Å². The second-order valence-corrected chi connectivity index (χ2v) is 5.24. The number of hydrogen-bond donors (Lipinski definition) is 1. The Bertz CT molecular complexity index is 642. The number of halogens is 2. The molecule has 4 nitrogen and oxygen atoms in total. The van der Waals surface area contributed by atoms with Crippen LogP contribution >= 0.6 is 15.9 Å². The molecule has 0 fully saturated rings. The lowest BCUT2D eigenvalue weighted by Crippen LogP contribution is -3.00. The van der Waals surface area contributed by atoms with Gasteiger partial charge in [-0.1, -0.05) is 28.1 Å². The SMILES string of the molecule is NCC(=O)c1ccc[n+](CC(=O)c2ccc(Br)cc2)c1.[Br-]. The number of hydrogen-bond acceptors (Lipinski definition) is 3. The molecule has 0 aliphatic heterocycles. The molecule has 0 saturated carbocycles. The molecule has 0 bridgehead atoms. The largest absolute Gasteiger partial charge is 1.00 e. The Kier molecular flexibility index (Phi) is 6.87. The predicted molar refractivity (Wildman–Crippen MR) is 78.5 cm³/mol. The van der Waals surface area contributed by atoms with Crippen LogP contribution in [0.3, 0.4) is 0 Å². The minimum absolute atomic E-state index is 0. The van der Waals surface area contributed by atoms with Gasteiger partial charge >= 0.3 is 0 Å². The van der Waals surface area contributed by atoms with E-state index in [1.807, 2.05) is 12.1 Å². The zero-order chi connectivity index (χ0) is 14.5. The van der Waals surface area contributed by atoms with Crippen LogP contribution in [-0.4, -0.2) is 18.1 Å². The van der Waals surface area contributed by atoms with E-state index >= 15 is 0 Å². The molecule has 1 heterocycles. The molecule has 0 spiro atoms. The first-order valence-electron chi connectivity index (χ1n) is 6.11. The Morgan fingerprint density at radius 1 is 1.05 bits per heavy atom. The van der Waals surface area contributed by atoms with E-state index in [1.54, 1.807) is 41.2 Å². The van der Waals surface area contributed by atoms with Gasteiger partial charge in [0.2, 0.25) is 12.3 Å². The second-order valence-electron chi connectivity index (χ2n) is 4.32. The summed E-state index contributed by atoms with van der Waals surface area (Å²) in [6.07, 6.45) is 3.40. The smallest absolute Gasteiger partial charge is 0.227 e. The molecule has 0 atom stereocenters. The molecule has 0 unspecified atom stereocenters. The number of nitrogens with two attached hydrogens (primary N) is 1. The van der Waals surface area contributed by atoms with Gasteiger partial charge in [0, 0.05) is 16.1 Å². The van der Waals surface area contributed by atoms with Gasteiger partial charge in [0.25, 0.3) is 0 Å². The summed E-state index contributed by atoms with van der Waals surface area (Å²) in [5, 5.41) is 0. The summed E-state index contributed by atoms with van der Waals surface area (Å²) in [6.45, 7) is 0.151. The molecule has 2 rings (SSSR count). The van der Waals surface area contributed by atoms with E-state index in [4.69, 9.17) is 5.73 Å². The summed E-state index contributed by atoms with van der Waals surface area (Å²) in [7, 11) is 0. The normalized spacial score (nSPS) is 9.81. The van der Waals surface area contributed by atoms with E-state index in [9.17, 15) is 9.59 Å². The molecule has 0 amide bonds. The number of pyridine rings is 1. The summed E-state index contributed by atoms with van der Waals surface area (Å²) >= 11 is 3.33. The summed E-state index contributed by atoms with van der Waals surface area (Å²) in [4.78, 5) is 23.7. The molecule has 0 aliphatic carbocycles. The van der Waals surface area contributed by atoms with Crippen LogP contribution in [0.1, 0.15) is 20.7 Å². The third-order valence-electron chi connectivity index (χ3n) is 2.86. The average Bonchev–Trinajstić information content (AvgIpc) is 2.47. The highest BCUT2D eigenvalue weighted by Crippen LogP contribution is 2.11. The van der Waals surface area contributed by atoms with Crippen LogP contribution < -0.4 is 27.3 Å². The van der Waals surface area contributed by atoms with Gasteiger partial charge in [0.1, 0.15) is 0 Å². The Morgan fingerprint density at radius 2 is 1.71 bits per heavy atom. The molecule has 0 aliphatic rings. The zero-order valence-electron chi connectivity index (χ0n) is 11.1. The molecule has 6 heteroatoms. The molecule has 110 valence electrons. The highest BCUT2D eigenvalue weighted by molar-refractivity contribution is 9.10. The van der Waals surface area contributed by atoms with E-state index in [2.05, 4.69) is 15.9 Å². The standard InChI is InChI=1S/C15H14BrN2O2.BrH/c16-13-5-3-11(4-6-13)15(20)10-18-7-1-2-12(9-18)14(19)8-17;/h1-7,9H,8,10,17H2;1H/q+1;/p-1. The van der Waals surface area contributed by atoms with Crippen LogP contribution in [0.5, 0.6) is 0 Å². The van der Waals surface area contributed by atoms with Crippen molar-refractivity contribution in [1.29, 1.82) is 0 Å². The fraction of sp³-hybridized carbons (Fsp3) is 0.133. The van der Waals surface area contributed by atoms with E-state index in [1.165, 1.54) is 0 Å². The van der Waals surface area contributed by atoms with E-state index < -0.39 is 0 Å². The fourth-order valence-corrected chi connectivity index (χ4v) is 2.06. The van der Waals surface area contributed by atoms with Gasteiger partial charge in [-0.25, -0.2) is 0 Å². The lowest BCUT2D eigenvalue weighted by atomic mass is 10.1. The first kappa shape index (κ1) is 17.7. The third kappa shape index (κ3) is 4.84. The van der Waals surface area contributed by atoms with Gasteiger partial charge in [-0.3, -0.25) is 9.59 Å². The third-order valence-corrected chi connectivity index (χ3v) is 3.39. The molecule has 2 N–H and O–H groups in total. The van der Waals surface area contributed by atoms with Crippen molar-refractivity contribution in [2.24, 2.45) is 5.73 Å². The topological polar surface area (TPSA) is 64.0 Å². The Balaban J connectivity index is 0.00000220. The Morgan fingerprint density at radius 3 is 2.33 bits per heavy atom. The minimum atomic E-state index is -0.143. The lowest BCUT2D eigenvalue weighted by Gasteiger charge is -2.00. The number of Topliss-reactive ketones (excluding diaryl/α,β-unsaturated/α-hetero) is 2. The van der Waals surface area contributed by atoms with Gasteiger partial charge in [-0.2, -0.15) is 4.57 Å². The van der Waals surface area contributed by atoms with Crippen molar-refractivity contribution in [3.8, 4) is 0 Å². The number of carbonyl (C=O) groups is 2. The maximum Gasteiger partial charge on any atom is 0.227 e. The number of benzene rings is 1. The van der Waals surface area contributed by atoms with Crippen molar-refractivity contribution in [2.75, 3.05) is 6.54 Å². The van der Waals surface area contributed by atoms with Crippen LogP contribution in [0, 0.1) is 0 Å². The average molecular weight is 414 g/mol. The molecule has 1 aromatic heterocycles. The van der Waals surface area contributed by atoms with E-state index in [0.29, 0.717) is 11.1 Å². The number of aromatic nitrogens is 1. The zero-order valence-corrected chi connectivity index (χ0v) is 14.3. The number of rotatable bonds is 5. The minimum Gasteiger partial charge on any atom is -1.00 e. The predicted octanol–water partition coefficient (Wildman–Crippen LogP) is -1.24. The first-order chi connectivity index (χ1) is 9.60. The first-order valence-corrected chi connectivity index (χ1v) is 6.90. The van der Waals surface area contributed by atoms with Crippen LogP contribution in [0.2, 0.25) is 0 Å². The Labute approximate surface area is 141 Å². The Hall–Kier alpha value is -1.37. The van der Waals surface area contributed by atoms with Crippen LogP contribution in [0.15, 0.2) is 53.3 Å². The quantitative estimate of drug-likeness (QED) is 0.493. The maximum absolute atomic E-state index is 12.1.